The molecule has 0 aliphatic carbocycles. The number of aromatic nitrogens is 4. The Balaban J connectivity index is 1.83. The van der Waals surface area contributed by atoms with Crippen molar-refractivity contribution in [2.75, 3.05) is 11.9 Å². The molecular weight excluding hydrogens is 382 g/mol. The zero-order chi connectivity index (χ0) is 19.8. The molecule has 0 saturated carbocycles. The summed E-state index contributed by atoms with van der Waals surface area (Å²) in [7, 11) is 0. The van der Waals surface area contributed by atoms with Crippen LogP contribution in [0.1, 0.15) is 36.1 Å². The maximum atomic E-state index is 12.4. The van der Waals surface area contributed by atoms with Gasteiger partial charge in [-0.15, -0.1) is 10.2 Å². The van der Waals surface area contributed by atoms with Crippen LogP contribution in [0, 0.1) is 6.92 Å². The van der Waals surface area contributed by atoms with Crippen molar-refractivity contribution < 1.29 is 14.6 Å². The molecule has 28 heavy (non-hydrogen) atoms. The van der Waals surface area contributed by atoms with Gasteiger partial charge in [-0.3, -0.25) is 4.79 Å². The minimum Gasteiger partial charge on any atom is -0.504 e. The number of aryl methyl sites for hydroxylation is 1. The Hall–Kier alpha value is -3.13. The number of phenolic OH excluding ortho intramolecular Hbond substituents is 1. The van der Waals surface area contributed by atoms with Crippen LogP contribution in [0.3, 0.4) is 0 Å². The topological polar surface area (TPSA) is 102 Å². The first kappa shape index (κ1) is 18.2. The number of carbonyl (C=O) groups is 1. The Morgan fingerprint density at radius 3 is 2.86 bits per heavy atom. The highest BCUT2D eigenvalue weighted by Crippen LogP contribution is 2.42. The van der Waals surface area contributed by atoms with Crippen molar-refractivity contribution in [3.05, 3.63) is 52.3 Å². The van der Waals surface area contributed by atoms with E-state index < -0.39 is 0 Å². The Labute approximate surface area is 166 Å². The Kier molecular flexibility index (Phi) is 4.64. The van der Waals surface area contributed by atoms with Crippen LogP contribution in [0.25, 0.3) is 5.82 Å². The number of fused-ring (bicyclic) bond motifs is 1. The van der Waals surface area contributed by atoms with Crippen LogP contribution in [-0.4, -0.2) is 37.6 Å². The summed E-state index contributed by atoms with van der Waals surface area (Å²) in [5.41, 5.74) is 2.52. The lowest BCUT2D eigenvalue weighted by atomic mass is 9.85. The Bertz CT molecular complexity index is 1050. The van der Waals surface area contributed by atoms with Gasteiger partial charge in [-0.05, 0) is 43.7 Å². The summed E-state index contributed by atoms with van der Waals surface area (Å²) in [5.74, 6) is 1.11. The lowest BCUT2D eigenvalue weighted by Gasteiger charge is -2.24. The van der Waals surface area contributed by atoms with Gasteiger partial charge in [0.15, 0.2) is 22.5 Å². The number of hydrogen-bond acceptors (Lipinski definition) is 6. The van der Waals surface area contributed by atoms with Crippen LogP contribution in [0.2, 0.25) is 5.15 Å². The number of nitrogens with zero attached hydrogens (tertiary/aromatic N) is 4. The molecule has 0 unspecified atom stereocenters. The molecule has 0 fully saturated rings. The van der Waals surface area contributed by atoms with E-state index in [2.05, 4.69) is 20.6 Å². The molecule has 0 spiro atoms. The number of anilines is 1. The number of halogens is 1. The van der Waals surface area contributed by atoms with E-state index >= 15 is 0 Å². The molecule has 4 rings (SSSR count). The number of aromatic hydroxyl groups is 1. The zero-order valence-corrected chi connectivity index (χ0v) is 16.1. The fourth-order valence-corrected chi connectivity index (χ4v) is 3.54. The Morgan fingerprint density at radius 1 is 1.32 bits per heavy atom. The minimum absolute atomic E-state index is 0.0648. The molecule has 2 N–H and O–H groups in total. The predicted molar refractivity (Wildman–Crippen MR) is 103 cm³/mol. The number of benzene rings is 1. The fraction of sp³-hybridized carbons (Fsp3) is 0.263. The van der Waals surface area contributed by atoms with Gasteiger partial charge in [0.25, 0.3) is 0 Å². The second-order valence-electron chi connectivity index (χ2n) is 6.44. The molecule has 144 valence electrons. The molecule has 0 radical (unpaired) electrons. The van der Waals surface area contributed by atoms with Crippen molar-refractivity contribution in [1.29, 1.82) is 0 Å². The van der Waals surface area contributed by atoms with Crippen LogP contribution in [0.15, 0.2) is 30.3 Å². The molecule has 1 atom stereocenters. The first-order chi connectivity index (χ1) is 13.5. The standard InChI is InChI=1S/C19H18ClN5O3/c1-3-28-14-8-11(4-5-13(14)26)12-9-17(27)21-19-18(12)10(2)24-25(19)16-7-6-15(20)22-23-16/h4-8,12,26H,3,9H2,1-2H3,(H,21,27)/t12-/m1/s1. The van der Waals surface area contributed by atoms with E-state index in [-0.39, 0.29) is 29.1 Å². The van der Waals surface area contributed by atoms with Crippen LogP contribution in [0.4, 0.5) is 5.82 Å². The third-order valence-electron chi connectivity index (χ3n) is 4.62. The maximum Gasteiger partial charge on any atom is 0.226 e. The van der Waals surface area contributed by atoms with Crippen LogP contribution in [0.5, 0.6) is 11.5 Å². The van der Waals surface area contributed by atoms with E-state index in [9.17, 15) is 9.90 Å². The number of nitrogens with one attached hydrogen (secondary N) is 1. The number of ether oxygens (including phenoxy) is 1. The van der Waals surface area contributed by atoms with Crippen molar-refractivity contribution in [1.82, 2.24) is 20.0 Å². The smallest absolute Gasteiger partial charge is 0.226 e. The van der Waals surface area contributed by atoms with Gasteiger partial charge in [-0.25, -0.2) is 0 Å². The minimum atomic E-state index is -0.224. The predicted octanol–water partition coefficient (Wildman–Crippen LogP) is 3.20. The van der Waals surface area contributed by atoms with Crippen molar-refractivity contribution >= 4 is 23.3 Å². The van der Waals surface area contributed by atoms with Crippen LogP contribution in [-0.2, 0) is 4.79 Å². The van der Waals surface area contributed by atoms with E-state index in [0.29, 0.717) is 24.0 Å². The normalized spacial score (nSPS) is 15.8. The second-order valence-corrected chi connectivity index (χ2v) is 6.83. The van der Waals surface area contributed by atoms with Gasteiger partial charge in [0.2, 0.25) is 5.91 Å². The SMILES string of the molecule is CCOc1cc([C@H]2CC(=O)Nc3c2c(C)nn3-c2ccc(Cl)nn2)ccc1O. The summed E-state index contributed by atoms with van der Waals surface area (Å²) >= 11 is 5.82. The summed E-state index contributed by atoms with van der Waals surface area (Å²) < 4.78 is 7.05. The molecule has 1 aliphatic heterocycles. The van der Waals surface area contributed by atoms with Gasteiger partial charge in [0, 0.05) is 17.9 Å². The van der Waals surface area contributed by atoms with Crippen LogP contribution >= 0.6 is 11.6 Å². The molecule has 0 bridgehead atoms. The van der Waals surface area contributed by atoms with Crippen molar-refractivity contribution in [3.8, 4) is 17.3 Å². The molecule has 1 aliphatic rings. The van der Waals surface area contributed by atoms with Gasteiger partial charge in [0.05, 0.1) is 12.3 Å². The zero-order valence-electron chi connectivity index (χ0n) is 15.3. The van der Waals surface area contributed by atoms with Gasteiger partial charge >= 0.3 is 0 Å². The highest BCUT2D eigenvalue weighted by atomic mass is 35.5. The largest absolute Gasteiger partial charge is 0.504 e. The first-order valence-electron chi connectivity index (χ1n) is 8.82. The van der Waals surface area contributed by atoms with Crippen molar-refractivity contribution in [2.45, 2.75) is 26.2 Å². The van der Waals surface area contributed by atoms with E-state index in [1.807, 2.05) is 13.8 Å². The molecule has 2 aromatic heterocycles. The summed E-state index contributed by atoms with van der Waals surface area (Å²) in [4.78, 5) is 12.4. The summed E-state index contributed by atoms with van der Waals surface area (Å²) in [6, 6.07) is 8.45. The maximum absolute atomic E-state index is 12.4. The van der Waals surface area contributed by atoms with Crippen molar-refractivity contribution in [2.24, 2.45) is 0 Å². The first-order valence-corrected chi connectivity index (χ1v) is 9.20. The molecule has 1 aromatic carbocycles. The van der Waals surface area contributed by atoms with Gasteiger partial charge in [-0.2, -0.15) is 9.78 Å². The van der Waals surface area contributed by atoms with Crippen LogP contribution < -0.4 is 10.1 Å². The monoisotopic (exact) mass is 399 g/mol. The van der Waals surface area contributed by atoms with E-state index in [4.69, 9.17) is 16.3 Å². The van der Waals surface area contributed by atoms with Gasteiger partial charge in [-0.1, -0.05) is 17.7 Å². The average Bonchev–Trinajstić information content (AvgIpc) is 3.00. The highest BCUT2D eigenvalue weighted by molar-refractivity contribution is 6.29. The van der Waals surface area contributed by atoms with Gasteiger partial charge < -0.3 is 15.2 Å². The highest BCUT2D eigenvalue weighted by Gasteiger charge is 2.33. The molecule has 8 nitrogen and oxygen atoms in total. The lowest BCUT2D eigenvalue weighted by Crippen LogP contribution is -2.25. The number of carbonyl (C=O) groups excluding carboxylic acids is 1. The fourth-order valence-electron chi connectivity index (χ4n) is 3.44. The summed E-state index contributed by atoms with van der Waals surface area (Å²) in [6.07, 6.45) is 0.266. The van der Waals surface area contributed by atoms with Gasteiger partial charge in [0.1, 0.15) is 5.82 Å². The Morgan fingerprint density at radius 2 is 2.14 bits per heavy atom. The van der Waals surface area contributed by atoms with E-state index in [1.54, 1.807) is 35.0 Å². The molecule has 3 heterocycles. The number of amides is 1. The number of rotatable bonds is 4. The van der Waals surface area contributed by atoms with Crippen molar-refractivity contribution in [3.63, 3.8) is 0 Å². The number of phenols is 1. The molecule has 3 aromatic rings. The molecule has 9 heteroatoms. The lowest BCUT2D eigenvalue weighted by molar-refractivity contribution is -0.116. The van der Waals surface area contributed by atoms with E-state index in [1.165, 1.54) is 0 Å². The molecular formula is C19H18ClN5O3. The molecule has 1 amide bonds. The third kappa shape index (κ3) is 3.16. The summed E-state index contributed by atoms with van der Waals surface area (Å²) in [6.45, 7) is 4.16. The summed E-state index contributed by atoms with van der Waals surface area (Å²) in [5, 5.41) is 25.6. The average molecular weight is 400 g/mol. The second kappa shape index (κ2) is 7.12. The van der Waals surface area contributed by atoms with E-state index in [0.717, 1.165) is 16.8 Å². The molecule has 0 saturated heterocycles. The third-order valence-corrected chi connectivity index (χ3v) is 4.83. The quantitative estimate of drug-likeness (QED) is 0.698. The number of hydrogen-bond donors (Lipinski definition) is 2.